The fraction of sp³-hybridized carbons (Fsp3) is 0.600. The van der Waals surface area contributed by atoms with E-state index in [1.807, 2.05) is 0 Å². The zero-order valence-corrected chi connectivity index (χ0v) is 11.3. The molecule has 1 nitrogen and oxygen atoms in total. The van der Waals surface area contributed by atoms with E-state index in [9.17, 15) is 0 Å². The number of nitrogens with two attached hydrogens (primary N) is 1. The minimum Gasteiger partial charge on any atom is -0.330 e. The molecule has 0 amide bonds. The van der Waals surface area contributed by atoms with Crippen molar-refractivity contribution in [3.05, 3.63) is 34.9 Å². The maximum Gasteiger partial charge on any atom is -0.00365 e. The third-order valence-electron chi connectivity index (χ3n) is 3.04. The zero-order valence-electron chi connectivity index (χ0n) is 11.3. The third kappa shape index (κ3) is 2.85. The van der Waals surface area contributed by atoms with Gasteiger partial charge in [-0.2, -0.15) is 0 Å². The van der Waals surface area contributed by atoms with Crippen molar-refractivity contribution < 1.29 is 0 Å². The highest BCUT2D eigenvalue weighted by atomic mass is 14.5. The molecule has 0 aliphatic heterocycles. The molecule has 2 N–H and O–H groups in total. The second-order valence-electron chi connectivity index (χ2n) is 5.82. The topological polar surface area (TPSA) is 26.0 Å². The highest BCUT2D eigenvalue weighted by molar-refractivity contribution is 5.41. The fourth-order valence-electron chi connectivity index (χ4n) is 2.27. The van der Waals surface area contributed by atoms with Crippen LogP contribution in [-0.2, 0) is 11.8 Å². The molecule has 0 atom stereocenters. The van der Waals surface area contributed by atoms with E-state index in [1.165, 1.54) is 16.7 Å². The molecule has 0 saturated heterocycles. The van der Waals surface area contributed by atoms with Gasteiger partial charge < -0.3 is 5.73 Å². The summed E-state index contributed by atoms with van der Waals surface area (Å²) >= 11 is 0. The van der Waals surface area contributed by atoms with Crippen molar-refractivity contribution in [1.29, 1.82) is 0 Å². The number of hydrogen-bond donors (Lipinski definition) is 1. The van der Waals surface area contributed by atoms with Crippen molar-refractivity contribution in [3.63, 3.8) is 0 Å². The second kappa shape index (κ2) is 5.01. The van der Waals surface area contributed by atoms with Crippen LogP contribution < -0.4 is 5.73 Å². The van der Waals surface area contributed by atoms with E-state index in [2.05, 4.69) is 52.8 Å². The van der Waals surface area contributed by atoms with Gasteiger partial charge in [0.1, 0.15) is 0 Å². The number of benzene rings is 1. The Morgan fingerprint density at radius 1 is 1.19 bits per heavy atom. The maximum atomic E-state index is 5.74. The van der Waals surface area contributed by atoms with E-state index in [4.69, 9.17) is 5.73 Å². The third-order valence-corrected chi connectivity index (χ3v) is 3.04. The summed E-state index contributed by atoms with van der Waals surface area (Å²) in [6.45, 7) is 12.0. The van der Waals surface area contributed by atoms with Crippen LogP contribution in [0.15, 0.2) is 18.2 Å². The summed E-state index contributed by atoms with van der Waals surface area (Å²) in [6, 6.07) is 6.66. The van der Waals surface area contributed by atoms with Crippen LogP contribution in [0.3, 0.4) is 0 Å². The van der Waals surface area contributed by atoms with Gasteiger partial charge in [0.05, 0.1) is 0 Å². The molecule has 16 heavy (non-hydrogen) atoms. The van der Waals surface area contributed by atoms with Gasteiger partial charge >= 0.3 is 0 Å². The Bertz CT molecular complexity index is 345. The van der Waals surface area contributed by atoms with Gasteiger partial charge in [-0.05, 0) is 41.0 Å². The fourth-order valence-corrected chi connectivity index (χ4v) is 2.27. The van der Waals surface area contributed by atoms with Crippen LogP contribution in [0.25, 0.3) is 0 Å². The van der Waals surface area contributed by atoms with Gasteiger partial charge in [-0.25, -0.2) is 0 Å². The van der Waals surface area contributed by atoms with Crippen molar-refractivity contribution >= 4 is 0 Å². The average molecular weight is 219 g/mol. The standard InChI is InChI=1S/C15H25N/c1-11(2)12-7-6-8-14(15(3,4)5)13(12)9-10-16/h6-8,11H,9-10,16H2,1-5H3. The van der Waals surface area contributed by atoms with E-state index in [1.54, 1.807) is 0 Å². The van der Waals surface area contributed by atoms with Crippen molar-refractivity contribution in [2.75, 3.05) is 6.54 Å². The zero-order chi connectivity index (χ0) is 12.3. The molecule has 90 valence electrons. The van der Waals surface area contributed by atoms with Crippen molar-refractivity contribution in [2.45, 2.75) is 52.4 Å². The highest BCUT2D eigenvalue weighted by Gasteiger charge is 2.20. The Morgan fingerprint density at radius 2 is 1.81 bits per heavy atom. The van der Waals surface area contributed by atoms with Gasteiger partial charge in [-0.3, -0.25) is 0 Å². The first-order chi connectivity index (χ1) is 7.38. The van der Waals surface area contributed by atoms with E-state index >= 15 is 0 Å². The van der Waals surface area contributed by atoms with Crippen molar-refractivity contribution in [2.24, 2.45) is 5.73 Å². The molecule has 0 radical (unpaired) electrons. The molecule has 1 heteroatoms. The van der Waals surface area contributed by atoms with E-state index < -0.39 is 0 Å². The van der Waals surface area contributed by atoms with Gasteiger partial charge in [-0.1, -0.05) is 52.8 Å². The minimum atomic E-state index is 0.204. The van der Waals surface area contributed by atoms with Crippen LogP contribution in [0.4, 0.5) is 0 Å². The van der Waals surface area contributed by atoms with Crippen LogP contribution in [0.2, 0.25) is 0 Å². The van der Waals surface area contributed by atoms with Gasteiger partial charge in [0.2, 0.25) is 0 Å². The summed E-state index contributed by atoms with van der Waals surface area (Å²) in [4.78, 5) is 0. The largest absolute Gasteiger partial charge is 0.330 e. The first kappa shape index (κ1) is 13.2. The van der Waals surface area contributed by atoms with Gasteiger partial charge in [0.25, 0.3) is 0 Å². The minimum absolute atomic E-state index is 0.204. The lowest BCUT2D eigenvalue weighted by Gasteiger charge is -2.26. The Hall–Kier alpha value is -0.820. The van der Waals surface area contributed by atoms with Crippen LogP contribution in [0, 0.1) is 0 Å². The molecular weight excluding hydrogens is 194 g/mol. The van der Waals surface area contributed by atoms with E-state index in [0.29, 0.717) is 5.92 Å². The molecule has 0 bridgehead atoms. The predicted octanol–water partition coefficient (Wildman–Crippen LogP) is 3.61. The lowest BCUT2D eigenvalue weighted by Crippen LogP contribution is -2.18. The predicted molar refractivity (Wildman–Crippen MR) is 72.0 cm³/mol. The number of hydrogen-bond acceptors (Lipinski definition) is 1. The van der Waals surface area contributed by atoms with E-state index in [-0.39, 0.29) is 5.41 Å². The van der Waals surface area contributed by atoms with Crippen LogP contribution in [-0.4, -0.2) is 6.54 Å². The van der Waals surface area contributed by atoms with Crippen LogP contribution in [0.5, 0.6) is 0 Å². The molecule has 0 saturated carbocycles. The van der Waals surface area contributed by atoms with Gasteiger partial charge in [0.15, 0.2) is 0 Å². The molecule has 0 fully saturated rings. The van der Waals surface area contributed by atoms with Crippen LogP contribution >= 0.6 is 0 Å². The van der Waals surface area contributed by atoms with Gasteiger partial charge in [-0.15, -0.1) is 0 Å². The molecule has 0 aliphatic rings. The monoisotopic (exact) mass is 219 g/mol. The molecule has 1 aromatic rings. The highest BCUT2D eigenvalue weighted by Crippen LogP contribution is 2.31. The van der Waals surface area contributed by atoms with E-state index in [0.717, 1.165) is 13.0 Å². The first-order valence-corrected chi connectivity index (χ1v) is 6.20. The normalized spacial score (nSPS) is 12.2. The summed E-state index contributed by atoms with van der Waals surface area (Å²) in [5.41, 5.74) is 10.3. The lowest BCUT2D eigenvalue weighted by molar-refractivity contribution is 0.579. The quantitative estimate of drug-likeness (QED) is 0.825. The molecule has 0 unspecified atom stereocenters. The maximum absolute atomic E-state index is 5.74. The smallest absolute Gasteiger partial charge is 0.00365 e. The molecule has 0 aromatic heterocycles. The Morgan fingerprint density at radius 3 is 2.25 bits per heavy atom. The van der Waals surface area contributed by atoms with Gasteiger partial charge in [0, 0.05) is 0 Å². The molecule has 0 spiro atoms. The van der Waals surface area contributed by atoms with Crippen molar-refractivity contribution in [3.8, 4) is 0 Å². The summed E-state index contributed by atoms with van der Waals surface area (Å²) in [6.07, 6.45) is 0.987. The summed E-state index contributed by atoms with van der Waals surface area (Å²) in [5.74, 6) is 0.573. The average Bonchev–Trinajstić information content (AvgIpc) is 2.16. The van der Waals surface area contributed by atoms with Crippen LogP contribution in [0.1, 0.15) is 57.2 Å². The summed E-state index contributed by atoms with van der Waals surface area (Å²) in [7, 11) is 0. The molecule has 0 aliphatic carbocycles. The SMILES string of the molecule is CC(C)c1cccc(C(C)(C)C)c1CCN. The molecular formula is C15H25N. The Balaban J connectivity index is 3.32. The Kier molecular flexibility index (Phi) is 4.15. The molecule has 0 heterocycles. The number of rotatable bonds is 3. The molecule has 1 aromatic carbocycles. The summed E-state index contributed by atoms with van der Waals surface area (Å²) < 4.78 is 0. The second-order valence-corrected chi connectivity index (χ2v) is 5.82. The first-order valence-electron chi connectivity index (χ1n) is 6.20. The van der Waals surface area contributed by atoms with Crippen molar-refractivity contribution in [1.82, 2.24) is 0 Å². The lowest BCUT2D eigenvalue weighted by atomic mass is 9.79. The molecule has 1 rings (SSSR count). The summed E-state index contributed by atoms with van der Waals surface area (Å²) in [5, 5.41) is 0. The Labute approximate surface area is 100 Å².